The van der Waals surface area contributed by atoms with Gasteiger partial charge in [0.15, 0.2) is 0 Å². The lowest BCUT2D eigenvalue weighted by molar-refractivity contribution is -0.147. The Kier molecular flexibility index (Phi) is 21.3. The number of nitrogens with one attached hydrogen (secondary N) is 7. The number of unbranched alkanes of at least 4 members (excludes halogenated alkanes) is 1. The highest BCUT2D eigenvalue weighted by Gasteiger charge is 2.30. The van der Waals surface area contributed by atoms with Crippen LogP contribution in [0.15, 0.2) is 0 Å². The molecular formula is C28H48N10O13. The van der Waals surface area contributed by atoms with Crippen LogP contribution >= 0.6 is 0 Å². The molecule has 0 aliphatic heterocycles. The molecular weight excluding hydrogens is 684 g/mol. The zero-order chi connectivity index (χ0) is 39.3. The Balaban J connectivity index is 5.27. The van der Waals surface area contributed by atoms with Gasteiger partial charge in [-0.1, -0.05) is 0 Å². The number of carboxylic acids is 2. The second-order valence-electron chi connectivity index (χ2n) is 11.2. The Bertz CT molecular complexity index is 1280. The zero-order valence-electron chi connectivity index (χ0n) is 28.2. The number of carbonyl (C=O) groups is 10. The van der Waals surface area contributed by atoms with Gasteiger partial charge in [-0.2, -0.15) is 0 Å². The van der Waals surface area contributed by atoms with E-state index >= 15 is 0 Å². The number of carbonyl (C=O) groups excluding carboxylic acids is 8. The summed E-state index contributed by atoms with van der Waals surface area (Å²) in [6, 6.07) is -8.30. The lowest BCUT2D eigenvalue weighted by Gasteiger charge is -2.24. The molecule has 6 atom stereocenters. The van der Waals surface area contributed by atoms with Gasteiger partial charge in [-0.25, -0.2) is 4.79 Å². The molecule has 0 saturated heterocycles. The van der Waals surface area contributed by atoms with Crippen molar-refractivity contribution in [3.63, 3.8) is 0 Å². The van der Waals surface area contributed by atoms with Crippen LogP contribution in [0.1, 0.15) is 52.4 Å². The molecule has 0 aromatic heterocycles. The molecule has 0 fully saturated rings. The summed E-state index contributed by atoms with van der Waals surface area (Å²) in [6.07, 6.45) is -0.589. The maximum atomic E-state index is 13.0. The Labute approximate surface area is 291 Å². The first-order valence-electron chi connectivity index (χ1n) is 15.7. The fourth-order valence-corrected chi connectivity index (χ4v) is 3.92. The van der Waals surface area contributed by atoms with Crippen LogP contribution in [0.25, 0.3) is 0 Å². The van der Waals surface area contributed by atoms with Gasteiger partial charge in [0.2, 0.25) is 47.3 Å². The molecule has 23 heteroatoms. The summed E-state index contributed by atoms with van der Waals surface area (Å²) >= 11 is 0. The van der Waals surface area contributed by atoms with Gasteiger partial charge < -0.3 is 69.7 Å². The van der Waals surface area contributed by atoms with Crippen molar-refractivity contribution in [2.75, 3.05) is 26.2 Å². The summed E-state index contributed by atoms with van der Waals surface area (Å²) < 4.78 is 0. The summed E-state index contributed by atoms with van der Waals surface area (Å²) in [7, 11) is 0. The molecule has 0 aromatic rings. The summed E-state index contributed by atoms with van der Waals surface area (Å²) in [6.45, 7) is 0.492. The van der Waals surface area contributed by atoms with E-state index in [2.05, 4.69) is 31.9 Å². The number of nitrogens with two attached hydrogens (primary N) is 3. The van der Waals surface area contributed by atoms with E-state index in [4.69, 9.17) is 27.4 Å². The number of aliphatic carboxylic acids is 2. The van der Waals surface area contributed by atoms with E-state index in [1.165, 1.54) is 13.8 Å². The lowest BCUT2D eigenvalue weighted by Crippen LogP contribution is -2.59. The number of aliphatic hydroxyl groups is 1. The number of rotatable bonds is 25. The van der Waals surface area contributed by atoms with Gasteiger partial charge in [-0.15, -0.1) is 0 Å². The van der Waals surface area contributed by atoms with Crippen molar-refractivity contribution in [2.24, 2.45) is 17.2 Å². The van der Waals surface area contributed by atoms with Gasteiger partial charge in [0.25, 0.3) is 0 Å². The first kappa shape index (κ1) is 45.6. The molecule has 16 N–H and O–H groups in total. The first-order valence-corrected chi connectivity index (χ1v) is 15.7. The quantitative estimate of drug-likeness (QED) is 0.0388. The van der Waals surface area contributed by atoms with E-state index in [0.29, 0.717) is 19.4 Å². The first-order chi connectivity index (χ1) is 23.8. The van der Waals surface area contributed by atoms with Crippen molar-refractivity contribution in [3.8, 4) is 0 Å². The normalized spacial score (nSPS) is 14.1. The van der Waals surface area contributed by atoms with Crippen molar-refractivity contribution in [1.82, 2.24) is 37.2 Å². The minimum Gasteiger partial charge on any atom is -0.481 e. The maximum absolute atomic E-state index is 13.0. The number of carboxylic acid groups (broad SMARTS) is 2. The van der Waals surface area contributed by atoms with Crippen LogP contribution in [0.3, 0.4) is 0 Å². The predicted molar refractivity (Wildman–Crippen MR) is 173 cm³/mol. The third-order valence-corrected chi connectivity index (χ3v) is 6.75. The van der Waals surface area contributed by atoms with Crippen LogP contribution in [-0.4, -0.2) is 137 Å². The summed E-state index contributed by atoms with van der Waals surface area (Å²) in [5.74, 6) is -10.3. The van der Waals surface area contributed by atoms with Crippen LogP contribution in [0.2, 0.25) is 0 Å². The molecule has 0 saturated carbocycles. The monoisotopic (exact) mass is 732 g/mol. The Hall–Kier alpha value is -5.42. The van der Waals surface area contributed by atoms with Gasteiger partial charge in [-0.05, 0) is 46.1 Å². The van der Waals surface area contributed by atoms with Crippen LogP contribution in [0.5, 0.6) is 0 Å². The van der Waals surface area contributed by atoms with E-state index in [1.54, 1.807) is 0 Å². The van der Waals surface area contributed by atoms with Gasteiger partial charge >= 0.3 is 11.9 Å². The number of hydrogen-bond acceptors (Lipinski definition) is 13. The average molecular weight is 733 g/mol. The van der Waals surface area contributed by atoms with Crippen molar-refractivity contribution in [2.45, 2.75) is 88.6 Å². The van der Waals surface area contributed by atoms with E-state index in [1.807, 2.05) is 5.32 Å². The third-order valence-electron chi connectivity index (χ3n) is 6.75. The van der Waals surface area contributed by atoms with Crippen LogP contribution in [-0.2, 0) is 47.9 Å². The Morgan fingerprint density at radius 2 is 1.16 bits per heavy atom. The van der Waals surface area contributed by atoms with Crippen molar-refractivity contribution in [1.29, 1.82) is 0 Å². The zero-order valence-corrected chi connectivity index (χ0v) is 28.2. The molecule has 0 rings (SSSR count). The van der Waals surface area contributed by atoms with Gasteiger partial charge in [0, 0.05) is 6.42 Å². The minimum atomic E-state index is -1.76. The summed E-state index contributed by atoms with van der Waals surface area (Å²) in [5, 5.41) is 43.0. The Morgan fingerprint density at radius 1 is 0.627 bits per heavy atom. The largest absolute Gasteiger partial charge is 0.481 e. The fraction of sp³-hybridized carbons (Fsp3) is 0.643. The standard InChI is InChI=1S/C28H48N10O13/c1-13(30)23(45)35-15(5-3-4-8-29)26(48)38-18(12-39)27(49)36-16(6-7-19(31)40)25(47)33-10-20(41)32-11-21(42)34-14(2)24(46)37-17(28(50)51)9-22(43)44/h13-18,39H,3-12,29-30H2,1-2H3,(H2,31,40)(H,32,41)(H,33,47)(H,34,42)(H,35,45)(H,36,49)(H,37,46)(H,38,48)(H,43,44)(H,50,51)/t13-,14-,15-,16-,17-,18-/m0/s1. The van der Waals surface area contributed by atoms with Gasteiger partial charge in [0.1, 0.15) is 30.2 Å². The van der Waals surface area contributed by atoms with Crippen LogP contribution < -0.4 is 54.4 Å². The molecule has 0 aliphatic rings. The molecule has 23 nitrogen and oxygen atoms in total. The highest BCUT2D eigenvalue weighted by atomic mass is 16.4. The SMILES string of the molecule is C[C@H](N)C(=O)N[C@@H](CCCCN)C(=O)N[C@@H](CO)C(=O)N[C@@H](CCC(N)=O)C(=O)NCC(=O)NCC(=O)N[C@@H](C)C(=O)N[C@@H](CC(=O)O)C(=O)O. The van der Waals surface area contributed by atoms with Crippen molar-refractivity contribution in [3.05, 3.63) is 0 Å². The van der Waals surface area contributed by atoms with E-state index in [0.717, 1.165) is 0 Å². The molecule has 0 spiro atoms. The Morgan fingerprint density at radius 3 is 1.69 bits per heavy atom. The molecule has 0 radical (unpaired) electrons. The number of hydrogen-bond donors (Lipinski definition) is 13. The summed E-state index contributed by atoms with van der Waals surface area (Å²) in [5.41, 5.74) is 16.2. The number of amides is 8. The number of primary amides is 1. The highest BCUT2D eigenvalue weighted by Crippen LogP contribution is 2.04. The number of aliphatic hydroxyl groups excluding tert-OH is 1. The highest BCUT2D eigenvalue weighted by molar-refractivity contribution is 5.96. The molecule has 0 unspecified atom stereocenters. The molecule has 8 amide bonds. The minimum absolute atomic E-state index is 0.130. The van der Waals surface area contributed by atoms with Crippen molar-refractivity contribution >= 4 is 59.2 Å². The van der Waals surface area contributed by atoms with Gasteiger partial charge in [0.05, 0.1) is 32.2 Å². The third kappa shape index (κ3) is 19.4. The molecule has 0 heterocycles. The topological polar surface area (TPSA) is 394 Å². The molecule has 0 aliphatic carbocycles. The molecule has 51 heavy (non-hydrogen) atoms. The van der Waals surface area contributed by atoms with E-state index < -0.39 is 128 Å². The molecule has 288 valence electrons. The second-order valence-corrected chi connectivity index (χ2v) is 11.2. The summed E-state index contributed by atoms with van der Waals surface area (Å²) in [4.78, 5) is 121. The van der Waals surface area contributed by atoms with E-state index in [9.17, 15) is 53.1 Å². The molecule has 0 aromatic carbocycles. The van der Waals surface area contributed by atoms with Crippen LogP contribution in [0, 0.1) is 0 Å². The predicted octanol–water partition coefficient (Wildman–Crippen LogP) is -7.04. The van der Waals surface area contributed by atoms with Gasteiger partial charge in [-0.3, -0.25) is 43.2 Å². The second kappa shape index (κ2) is 23.9. The maximum Gasteiger partial charge on any atom is 0.326 e. The van der Waals surface area contributed by atoms with Crippen LogP contribution in [0.4, 0.5) is 0 Å². The van der Waals surface area contributed by atoms with E-state index in [-0.39, 0.29) is 12.8 Å². The smallest absolute Gasteiger partial charge is 0.326 e. The van der Waals surface area contributed by atoms with Crippen molar-refractivity contribution < 1.29 is 63.3 Å². The average Bonchev–Trinajstić information content (AvgIpc) is 3.05. The fourth-order valence-electron chi connectivity index (χ4n) is 3.92. The lowest BCUT2D eigenvalue weighted by atomic mass is 10.1. The molecule has 0 bridgehead atoms.